The number of carboxylic acid groups (broad SMARTS) is 1. The summed E-state index contributed by atoms with van der Waals surface area (Å²) < 4.78 is -0.484. The third-order valence-corrected chi connectivity index (χ3v) is 2.29. The highest BCUT2D eigenvalue weighted by atomic mass is 32.2. The summed E-state index contributed by atoms with van der Waals surface area (Å²) in [7, 11) is 0. The molecule has 0 aliphatic rings. The minimum absolute atomic E-state index is 0.190. The zero-order valence-electron chi connectivity index (χ0n) is 8.59. The molecule has 0 saturated carbocycles. The number of aromatic nitrogens is 1. The van der Waals surface area contributed by atoms with Gasteiger partial charge in [-0.2, -0.15) is 12.6 Å². The lowest BCUT2D eigenvalue weighted by Gasteiger charge is -1.96. The van der Waals surface area contributed by atoms with Gasteiger partial charge >= 0.3 is 5.97 Å². The molecule has 0 aromatic carbocycles. The second kappa shape index (κ2) is 8.79. The fraction of sp³-hybridized carbons (Fsp3) is 0.250. The van der Waals surface area contributed by atoms with Gasteiger partial charge in [-0.3, -0.25) is 14.9 Å². The van der Waals surface area contributed by atoms with E-state index in [4.69, 9.17) is 10.8 Å². The second-order valence-corrected chi connectivity index (χ2v) is 3.87. The van der Waals surface area contributed by atoms with Gasteiger partial charge in [-0.15, -0.1) is 0 Å². The van der Waals surface area contributed by atoms with Crippen LogP contribution in [0.15, 0.2) is 29.4 Å². The van der Waals surface area contributed by atoms with Gasteiger partial charge in [0, 0.05) is 11.9 Å². The van der Waals surface area contributed by atoms with E-state index in [-0.39, 0.29) is 5.75 Å². The van der Waals surface area contributed by atoms with Crippen LogP contribution in [0.5, 0.6) is 0 Å². The number of nitrogens with two attached hydrogens (primary N) is 1. The average molecular weight is 277 g/mol. The molecular weight excluding hydrogens is 266 g/mol. The van der Waals surface area contributed by atoms with Crippen LogP contribution in [0.25, 0.3) is 0 Å². The summed E-state index contributed by atoms with van der Waals surface area (Å²) >= 11 is 4.16. The van der Waals surface area contributed by atoms with Crippen LogP contribution in [0.3, 0.4) is 0 Å². The molecule has 1 heterocycles. The van der Waals surface area contributed by atoms with Crippen molar-refractivity contribution < 1.29 is 14.2 Å². The quantitative estimate of drug-likeness (QED) is 0.320. The molecule has 0 fully saturated rings. The maximum absolute atomic E-state index is 9.90. The Morgan fingerprint density at radius 1 is 1.71 bits per heavy atom. The third kappa shape index (κ3) is 8.48. The maximum atomic E-state index is 9.90. The molecule has 0 spiro atoms. The molecule has 0 saturated heterocycles. The molecule has 17 heavy (non-hydrogen) atoms. The summed E-state index contributed by atoms with van der Waals surface area (Å²) in [6.45, 7) is 0. The highest BCUT2D eigenvalue weighted by molar-refractivity contribution is 7.93. The van der Waals surface area contributed by atoms with Crippen LogP contribution < -0.4 is 5.73 Å². The molecule has 1 aromatic heterocycles. The lowest BCUT2D eigenvalue weighted by molar-refractivity contribution is -0.284. The summed E-state index contributed by atoms with van der Waals surface area (Å²) in [5, 5.41) is 18.3. The van der Waals surface area contributed by atoms with Crippen molar-refractivity contribution in [2.45, 2.75) is 11.1 Å². The number of carboxylic acids is 1. The summed E-state index contributed by atoms with van der Waals surface area (Å²) in [6.07, 6.45) is 1.52. The van der Waals surface area contributed by atoms with Crippen LogP contribution in [0.4, 0.5) is 0 Å². The normalized spacial score (nSPS) is 10.9. The van der Waals surface area contributed by atoms with Gasteiger partial charge in [0.2, 0.25) is 0 Å². The number of aliphatic carboxylic acids is 1. The molecule has 3 N–H and O–H groups in total. The number of pyridine rings is 1. The number of thiol groups is 1. The number of nitrogens with zero attached hydrogens (tertiary/aromatic N) is 2. The van der Waals surface area contributed by atoms with Crippen molar-refractivity contribution in [3.05, 3.63) is 34.5 Å². The Kier molecular flexibility index (Phi) is 8.11. The lowest BCUT2D eigenvalue weighted by Crippen LogP contribution is -2.31. The van der Waals surface area contributed by atoms with Gasteiger partial charge in [-0.1, -0.05) is 6.07 Å². The molecule has 0 aliphatic heterocycles. The van der Waals surface area contributed by atoms with E-state index in [1.165, 1.54) is 6.20 Å². The van der Waals surface area contributed by atoms with Crippen molar-refractivity contribution in [3.63, 3.8) is 0 Å². The summed E-state index contributed by atoms with van der Waals surface area (Å²) in [5.41, 5.74) is 4.94. The number of nitro groups is 1. The Morgan fingerprint density at radius 2 is 2.35 bits per heavy atom. The molecule has 1 atom stereocenters. The molecule has 9 heteroatoms. The van der Waals surface area contributed by atoms with Crippen LogP contribution in [0, 0.1) is 10.1 Å². The number of hydrogen-bond acceptors (Lipinski definition) is 7. The fourth-order valence-electron chi connectivity index (χ4n) is 0.556. The molecule has 0 unspecified atom stereocenters. The Hall–Kier alpha value is -1.32. The molecule has 0 radical (unpaired) electrons. The SMILES string of the molecule is N[C@@H](CS)C(=O)O.O=[N+]([O-])Sc1ccccn1. The third-order valence-electron chi connectivity index (χ3n) is 1.32. The largest absolute Gasteiger partial charge is 0.480 e. The van der Waals surface area contributed by atoms with E-state index in [2.05, 4.69) is 17.6 Å². The highest BCUT2D eigenvalue weighted by Gasteiger charge is 2.06. The predicted octanol–water partition coefficient (Wildman–Crippen LogP) is 0.694. The Balaban J connectivity index is 0.000000325. The molecule has 0 aliphatic carbocycles. The van der Waals surface area contributed by atoms with E-state index in [1.807, 2.05) is 0 Å². The van der Waals surface area contributed by atoms with Gasteiger partial charge in [0.15, 0.2) is 5.03 Å². The Morgan fingerprint density at radius 3 is 2.65 bits per heavy atom. The maximum Gasteiger partial charge on any atom is 0.321 e. The molecular formula is C8H11N3O4S2. The Bertz CT molecular complexity index is 363. The van der Waals surface area contributed by atoms with Crippen molar-refractivity contribution in [1.29, 1.82) is 0 Å². The van der Waals surface area contributed by atoms with Crippen molar-refractivity contribution in [2.24, 2.45) is 5.73 Å². The zero-order chi connectivity index (χ0) is 13.3. The van der Waals surface area contributed by atoms with Gasteiger partial charge in [0.05, 0.1) is 0 Å². The second-order valence-electron chi connectivity index (χ2n) is 2.61. The minimum Gasteiger partial charge on any atom is -0.480 e. The van der Waals surface area contributed by atoms with Gasteiger partial charge < -0.3 is 10.8 Å². The predicted molar refractivity (Wildman–Crippen MR) is 66.6 cm³/mol. The first-order valence-electron chi connectivity index (χ1n) is 4.30. The fourth-order valence-corrected chi connectivity index (χ4v) is 1.11. The van der Waals surface area contributed by atoms with E-state index < -0.39 is 16.3 Å². The standard InChI is InChI=1S/C5H4N2O2S.C3H7NO2S/c8-7(9)10-5-3-1-2-4-6-5;4-2(1-7)3(5)6/h1-4H;2,7H,1,4H2,(H,5,6)/t;2-/m.0/s1. The van der Waals surface area contributed by atoms with E-state index >= 15 is 0 Å². The van der Waals surface area contributed by atoms with E-state index in [0.29, 0.717) is 17.0 Å². The zero-order valence-corrected chi connectivity index (χ0v) is 10.3. The number of carbonyl (C=O) groups is 1. The molecule has 1 rings (SSSR count). The van der Waals surface area contributed by atoms with Crippen molar-refractivity contribution >= 4 is 30.5 Å². The van der Waals surface area contributed by atoms with Gasteiger partial charge in [0.1, 0.15) is 10.4 Å². The van der Waals surface area contributed by atoms with Crippen molar-refractivity contribution in [3.8, 4) is 0 Å². The average Bonchev–Trinajstić information content (AvgIpc) is 2.29. The number of hydrogen-bond donors (Lipinski definition) is 3. The topological polar surface area (TPSA) is 119 Å². The smallest absolute Gasteiger partial charge is 0.321 e. The van der Waals surface area contributed by atoms with Gasteiger partial charge in [-0.25, -0.2) is 4.98 Å². The highest BCUT2D eigenvalue weighted by Crippen LogP contribution is 2.12. The van der Waals surface area contributed by atoms with E-state index in [0.717, 1.165) is 0 Å². The molecule has 1 aromatic rings. The van der Waals surface area contributed by atoms with Crippen molar-refractivity contribution in [2.75, 3.05) is 5.75 Å². The van der Waals surface area contributed by atoms with Gasteiger partial charge in [0.25, 0.3) is 11.9 Å². The van der Waals surface area contributed by atoms with E-state index in [1.54, 1.807) is 18.2 Å². The van der Waals surface area contributed by atoms with Gasteiger partial charge in [-0.05, 0) is 12.1 Å². The first-order valence-corrected chi connectivity index (χ1v) is 5.70. The van der Waals surface area contributed by atoms with Crippen LogP contribution >= 0.6 is 24.6 Å². The monoisotopic (exact) mass is 277 g/mol. The number of rotatable bonds is 4. The first kappa shape index (κ1) is 15.7. The van der Waals surface area contributed by atoms with Crippen LogP contribution in [0.2, 0.25) is 0 Å². The van der Waals surface area contributed by atoms with E-state index in [9.17, 15) is 14.9 Å². The van der Waals surface area contributed by atoms with Crippen LogP contribution in [-0.2, 0) is 4.79 Å². The summed E-state index contributed by atoms with van der Waals surface area (Å²) in [4.78, 5) is 23.4. The Labute approximate surface area is 107 Å². The summed E-state index contributed by atoms with van der Waals surface area (Å²) in [5.74, 6) is -0.815. The molecule has 0 amide bonds. The summed E-state index contributed by atoms with van der Waals surface area (Å²) in [6, 6.07) is 4.19. The van der Waals surface area contributed by atoms with Crippen molar-refractivity contribution in [1.82, 2.24) is 4.98 Å². The lowest BCUT2D eigenvalue weighted by atomic mass is 10.4. The first-order chi connectivity index (χ1) is 7.97. The molecule has 7 nitrogen and oxygen atoms in total. The molecule has 94 valence electrons. The minimum atomic E-state index is -1.00. The van der Waals surface area contributed by atoms with Crippen LogP contribution in [0.1, 0.15) is 0 Å². The molecule has 0 bridgehead atoms. The van der Waals surface area contributed by atoms with Crippen LogP contribution in [-0.4, -0.2) is 32.2 Å².